The van der Waals surface area contributed by atoms with E-state index in [1.165, 1.54) is 5.56 Å². The molecule has 1 unspecified atom stereocenters. The molecule has 0 aliphatic carbocycles. The molecule has 1 amide bonds. The van der Waals surface area contributed by atoms with Crippen LogP contribution in [0.25, 0.3) is 0 Å². The maximum Gasteiger partial charge on any atom is 0.316 e. The van der Waals surface area contributed by atoms with E-state index in [1.807, 2.05) is 6.07 Å². The van der Waals surface area contributed by atoms with Crippen LogP contribution in [0.3, 0.4) is 0 Å². The summed E-state index contributed by atoms with van der Waals surface area (Å²) in [7, 11) is 0. The Morgan fingerprint density at radius 2 is 2.00 bits per heavy atom. The SMILES string of the molecule is CC1CCN(C(=O)Cl)CCN1Cc1ccccc1. The molecule has 2 rings (SSSR count). The zero-order valence-electron chi connectivity index (χ0n) is 10.7. The molecule has 18 heavy (non-hydrogen) atoms. The molecule has 1 aliphatic heterocycles. The minimum absolute atomic E-state index is 0.330. The van der Waals surface area contributed by atoms with E-state index in [0.717, 1.165) is 32.6 Å². The molecule has 0 saturated carbocycles. The van der Waals surface area contributed by atoms with Gasteiger partial charge >= 0.3 is 5.37 Å². The van der Waals surface area contributed by atoms with E-state index < -0.39 is 0 Å². The minimum Gasteiger partial charge on any atom is -0.328 e. The summed E-state index contributed by atoms with van der Waals surface area (Å²) in [6, 6.07) is 10.9. The Morgan fingerprint density at radius 3 is 2.67 bits per heavy atom. The van der Waals surface area contributed by atoms with Gasteiger partial charge in [-0.1, -0.05) is 30.3 Å². The maximum atomic E-state index is 11.2. The summed E-state index contributed by atoms with van der Waals surface area (Å²) in [6.07, 6.45) is 0.977. The molecular weight excluding hydrogens is 248 g/mol. The lowest BCUT2D eigenvalue weighted by atomic mass is 10.1. The van der Waals surface area contributed by atoms with Crippen molar-refractivity contribution in [2.45, 2.75) is 25.9 Å². The first-order valence-electron chi connectivity index (χ1n) is 6.39. The van der Waals surface area contributed by atoms with Crippen molar-refractivity contribution >= 4 is 17.0 Å². The standard InChI is InChI=1S/C14H19ClN2O/c1-12-7-8-16(14(15)18)9-10-17(12)11-13-5-3-2-4-6-13/h2-6,12H,7-11H2,1H3. The second-order valence-electron chi connectivity index (χ2n) is 4.83. The fourth-order valence-corrected chi connectivity index (χ4v) is 2.50. The van der Waals surface area contributed by atoms with Gasteiger partial charge in [-0.05, 0) is 30.5 Å². The van der Waals surface area contributed by atoms with Crippen LogP contribution in [0.4, 0.5) is 4.79 Å². The third kappa shape index (κ3) is 3.47. The topological polar surface area (TPSA) is 23.6 Å². The Kier molecular flexibility index (Phi) is 4.61. The van der Waals surface area contributed by atoms with Gasteiger partial charge in [0.2, 0.25) is 0 Å². The molecule has 1 saturated heterocycles. The number of carbonyl (C=O) groups excluding carboxylic acids is 1. The van der Waals surface area contributed by atoms with Crippen molar-refractivity contribution in [1.29, 1.82) is 0 Å². The molecule has 0 N–H and O–H groups in total. The summed E-state index contributed by atoms with van der Waals surface area (Å²) >= 11 is 5.55. The monoisotopic (exact) mass is 266 g/mol. The van der Waals surface area contributed by atoms with Crippen LogP contribution in [0.2, 0.25) is 0 Å². The average Bonchev–Trinajstić information content (AvgIpc) is 2.54. The van der Waals surface area contributed by atoms with E-state index in [-0.39, 0.29) is 5.37 Å². The average molecular weight is 267 g/mol. The van der Waals surface area contributed by atoms with Crippen LogP contribution in [-0.2, 0) is 6.54 Å². The van der Waals surface area contributed by atoms with E-state index in [2.05, 4.69) is 36.1 Å². The first-order chi connectivity index (χ1) is 8.66. The highest BCUT2D eigenvalue weighted by atomic mass is 35.5. The predicted octanol–water partition coefficient (Wildman–Crippen LogP) is 2.94. The maximum absolute atomic E-state index is 11.2. The summed E-state index contributed by atoms with van der Waals surface area (Å²) in [5.41, 5.74) is 1.31. The summed E-state index contributed by atoms with van der Waals surface area (Å²) in [4.78, 5) is 15.3. The van der Waals surface area contributed by atoms with Crippen molar-refractivity contribution < 1.29 is 4.79 Å². The normalized spacial score (nSPS) is 21.7. The highest BCUT2D eigenvalue weighted by Crippen LogP contribution is 2.15. The van der Waals surface area contributed by atoms with E-state index in [1.54, 1.807) is 4.90 Å². The summed E-state index contributed by atoms with van der Waals surface area (Å²) in [6.45, 7) is 5.51. The minimum atomic E-state index is -0.330. The van der Waals surface area contributed by atoms with Crippen molar-refractivity contribution in [2.24, 2.45) is 0 Å². The van der Waals surface area contributed by atoms with Crippen molar-refractivity contribution in [1.82, 2.24) is 9.80 Å². The third-order valence-corrected chi connectivity index (χ3v) is 3.81. The first kappa shape index (κ1) is 13.4. The molecule has 1 atom stereocenters. The van der Waals surface area contributed by atoms with Gasteiger partial charge in [0.1, 0.15) is 0 Å². The van der Waals surface area contributed by atoms with Gasteiger partial charge in [0.25, 0.3) is 0 Å². The number of nitrogens with zero attached hydrogens (tertiary/aromatic N) is 2. The quantitative estimate of drug-likeness (QED) is 0.607. The number of hydrogen-bond acceptors (Lipinski definition) is 2. The van der Waals surface area contributed by atoms with Gasteiger partial charge in [-0.15, -0.1) is 0 Å². The zero-order chi connectivity index (χ0) is 13.0. The molecule has 0 spiro atoms. The lowest BCUT2D eigenvalue weighted by molar-refractivity contribution is 0.205. The highest BCUT2D eigenvalue weighted by molar-refractivity contribution is 6.62. The molecule has 4 heteroatoms. The number of halogens is 1. The fraction of sp³-hybridized carbons (Fsp3) is 0.500. The lowest BCUT2D eigenvalue weighted by Crippen LogP contribution is -2.34. The molecule has 0 bridgehead atoms. The van der Waals surface area contributed by atoms with Crippen molar-refractivity contribution in [3.8, 4) is 0 Å². The molecule has 1 aromatic carbocycles. The number of hydrogen-bond donors (Lipinski definition) is 0. The van der Waals surface area contributed by atoms with Gasteiger partial charge in [-0.2, -0.15) is 0 Å². The van der Waals surface area contributed by atoms with Crippen molar-refractivity contribution in [3.05, 3.63) is 35.9 Å². The van der Waals surface area contributed by atoms with E-state index in [9.17, 15) is 4.79 Å². The molecule has 1 aromatic rings. The van der Waals surface area contributed by atoms with Crippen LogP contribution in [0, 0.1) is 0 Å². The molecule has 1 fully saturated rings. The van der Waals surface area contributed by atoms with Gasteiger partial charge in [-0.25, -0.2) is 0 Å². The van der Waals surface area contributed by atoms with Gasteiger partial charge in [0.05, 0.1) is 0 Å². The van der Waals surface area contributed by atoms with Crippen molar-refractivity contribution in [2.75, 3.05) is 19.6 Å². The Bertz CT molecular complexity index is 396. The summed E-state index contributed by atoms with van der Waals surface area (Å²) < 4.78 is 0. The Morgan fingerprint density at radius 1 is 1.28 bits per heavy atom. The predicted molar refractivity (Wildman–Crippen MR) is 73.8 cm³/mol. The number of carbonyl (C=O) groups is 1. The van der Waals surface area contributed by atoms with Crippen LogP contribution in [0.15, 0.2) is 30.3 Å². The zero-order valence-corrected chi connectivity index (χ0v) is 11.4. The molecule has 3 nitrogen and oxygen atoms in total. The van der Waals surface area contributed by atoms with Crippen LogP contribution in [0.5, 0.6) is 0 Å². The van der Waals surface area contributed by atoms with Gasteiger partial charge in [0.15, 0.2) is 0 Å². The highest BCUT2D eigenvalue weighted by Gasteiger charge is 2.22. The molecule has 1 aliphatic rings. The summed E-state index contributed by atoms with van der Waals surface area (Å²) in [5, 5.41) is -0.330. The molecule has 98 valence electrons. The Labute approximate surface area is 113 Å². The van der Waals surface area contributed by atoms with E-state index in [4.69, 9.17) is 11.6 Å². The van der Waals surface area contributed by atoms with Crippen LogP contribution in [-0.4, -0.2) is 40.8 Å². The Hall–Kier alpha value is -1.06. The van der Waals surface area contributed by atoms with E-state index in [0.29, 0.717) is 6.04 Å². The van der Waals surface area contributed by atoms with Crippen molar-refractivity contribution in [3.63, 3.8) is 0 Å². The second-order valence-corrected chi connectivity index (χ2v) is 5.16. The lowest BCUT2D eigenvalue weighted by Gasteiger charge is -2.26. The number of benzene rings is 1. The molecule has 1 heterocycles. The second kappa shape index (κ2) is 6.21. The first-order valence-corrected chi connectivity index (χ1v) is 6.77. The Balaban J connectivity index is 1.98. The fourth-order valence-electron chi connectivity index (χ4n) is 2.34. The van der Waals surface area contributed by atoms with E-state index >= 15 is 0 Å². The summed E-state index contributed by atoms with van der Waals surface area (Å²) in [5.74, 6) is 0. The number of rotatable bonds is 2. The molecule has 0 aromatic heterocycles. The van der Waals surface area contributed by atoms with Crippen LogP contribution < -0.4 is 0 Å². The van der Waals surface area contributed by atoms with Gasteiger partial charge in [0, 0.05) is 32.2 Å². The molecule has 0 radical (unpaired) electrons. The third-order valence-electron chi connectivity index (χ3n) is 3.57. The number of amides is 1. The largest absolute Gasteiger partial charge is 0.328 e. The van der Waals surface area contributed by atoms with Gasteiger partial charge in [-0.3, -0.25) is 9.69 Å². The van der Waals surface area contributed by atoms with Crippen LogP contribution >= 0.6 is 11.6 Å². The van der Waals surface area contributed by atoms with Gasteiger partial charge < -0.3 is 4.90 Å². The molecular formula is C14H19ClN2O. The van der Waals surface area contributed by atoms with Crippen LogP contribution in [0.1, 0.15) is 18.9 Å². The smallest absolute Gasteiger partial charge is 0.316 e.